The number of benzene rings is 1. The van der Waals surface area contributed by atoms with Crippen LogP contribution >= 0.6 is 11.3 Å². The highest BCUT2D eigenvalue weighted by atomic mass is 32.1. The van der Waals surface area contributed by atoms with Crippen LogP contribution in [0.4, 0.5) is 0 Å². The Labute approximate surface area is 156 Å². The van der Waals surface area contributed by atoms with Gasteiger partial charge >= 0.3 is 0 Å². The first kappa shape index (κ1) is 16.9. The van der Waals surface area contributed by atoms with E-state index in [9.17, 15) is 4.79 Å². The van der Waals surface area contributed by atoms with Crippen molar-refractivity contribution in [2.45, 2.75) is 45.1 Å². The summed E-state index contributed by atoms with van der Waals surface area (Å²) in [5.41, 5.74) is 3.22. The van der Waals surface area contributed by atoms with Crippen molar-refractivity contribution < 1.29 is 4.79 Å². The quantitative estimate of drug-likeness (QED) is 0.727. The molecule has 2 heterocycles. The van der Waals surface area contributed by atoms with Gasteiger partial charge in [0.25, 0.3) is 5.91 Å². The first-order valence-corrected chi connectivity index (χ1v) is 9.76. The van der Waals surface area contributed by atoms with E-state index in [-0.39, 0.29) is 11.9 Å². The first-order chi connectivity index (χ1) is 12.7. The maximum absolute atomic E-state index is 13.0. The topological polar surface area (TPSA) is 72.7 Å². The van der Waals surface area contributed by atoms with Gasteiger partial charge in [-0.05, 0) is 60.6 Å². The van der Waals surface area contributed by atoms with Crippen LogP contribution in [0.3, 0.4) is 0 Å². The lowest BCUT2D eigenvalue weighted by atomic mass is 10.1. The lowest BCUT2D eigenvalue weighted by Crippen LogP contribution is -2.33. The predicted molar refractivity (Wildman–Crippen MR) is 101 cm³/mol. The van der Waals surface area contributed by atoms with Gasteiger partial charge in [-0.2, -0.15) is 4.68 Å². The van der Waals surface area contributed by atoms with Gasteiger partial charge in [-0.1, -0.05) is 30.3 Å². The second-order valence-corrected chi connectivity index (χ2v) is 7.77. The lowest BCUT2D eigenvalue weighted by molar-refractivity contribution is 0.0938. The van der Waals surface area contributed by atoms with Crippen molar-refractivity contribution in [2.75, 3.05) is 0 Å². The molecule has 1 unspecified atom stereocenters. The summed E-state index contributed by atoms with van der Waals surface area (Å²) in [6.07, 6.45) is 6.50. The Bertz CT molecular complexity index is 888. The van der Waals surface area contributed by atoms with Crippen LogP contribution in [-0.4, -0.2) is 32.2 Å². The van der Waals surface area contributed by atoms with Gasteiger partial charge in [0.15, 0.2) is 0 Å². The molecule has 1 aromatic carbocycles. The zero-order valence-corrected chi connectivity index (χ0v) is 15.5. The minimum absolute atomic E-state index is 0.0181. The molecule has 7 heteroatoms. The van der Waals surface area contributed by atoms with Crippen LogP contribution in [0.2, 0.25) is 0 Å². The highest BCUT2D eigenvalue weighted by Gasteiger charge is 2.28. The summed E-state index contributed by atoms with van der Waals surface area (Å²) in [5.74, 6) is -0.0181. The number of fused-ring (bicyclic) bond motifs is 1. The lowest BCUT2D eigenvalue weighted by Gasteiger charge is -2.15. The molecule has 6 nitrogen and oxygen atoms in total. The molecular weight excluding hydrogens is 346 g/mol. The second-order valence-electron chi connectivity index (χ2n) is 6.69. The van der Waals surface area contributed by atoms with Gasteiger partial charge in [0.2, 0.25) is 0 Å². The van der Waals surface area contributed by atoms with Crippen molar-refractivity contribution in [1.82, 2.24) is 25.5 Å². The number of nitrogens with one attached hydrogen (secondary N) is 1. The maximum atomic E-state index is 13.0. The van der Waals surface area contributed by atoms with Crippen LogP contribution in [0.1, 0.15) is 46.1 Å². The monoisotopic (exact) mass is 367 g/mol. The predicted octanol–water partition coefficient (Wildman–Crippen LogP) is 2.96. The number of tetrazole rings is 1. The maximum Gasteiger partial charge on any atom is 0.254 e. The number of hydrogen-bond acceptors (Lipinski definition) is 5. The standard InChI is InChI=1S/C19H21N5OS/c1-13(10-11-14-6-3-2-4-7-14)21-18(25)17-15-8-5-9-16(15)26-19(17)24-12-20-22-23-24/h2-4,6-7,12-13H,5,8-11H2,1H3,(H,21,25). The van der Waals surface area contributed by atoms with E-state index in [2.05, 4.69) is 39.9 Å². The van der Waals surface area contributed by atoms with Crippen LogP contribution in [0.5, 0.6) is 0 Å². The fraction of sp³-hybridized carbons (Fsp3) is 0.368. The molecule has 1 aliphatic carbocycles. The number of nitrogens with zero attached hydrogens (tertiary/aromatic N) is 4. The molecule has 3 aromatic rings. The van der Waals surface area contributed by atoms with Gasteiger partial charge in [0.1, 0.15) is 11.3 Å². The van der Waals surface area contributed by atoms with E-state index < -0.39 is 0 Å². The molecule has 0 spiro atoms. The summed E-state index contributed by atoms with van der Waals surface area (Å²) >= 11 is 1.63. The molecule has 0 bridgehead atoms. The molecule has 1 amide bonds. The normalized spacial score (nSPS) is 14.2. The molecular formula is C19H21N5OS. The molecule has 4 rings (SSSR count). The molecule has 26 heavy (non-hydrogen) atoms. The zero-order valence-electron chi connectivity index (χ0n) is 14.7. The van der Waals surface area contributed by atoms with E-state index in [4.69, 9.17) is 0 Å². The van der Waals surface area contributed by atoms with Crippen molar-refractivity contribution in [3.8, 4) is 5.00 Å². The summed E-state index contributed by atoms with van der Waals surface area (Å²) in [7, 11) is 0. The number of carbonyl (C=O) groups excluding carboxylic acids is 1. The van der Waals surface area contributed by atoms with Crippen LogP contribution in [0, 0.1) is 0 Å². The molecule has 1 aliphatic rings. The molecule has 0 saturated heterocycles. The summed E-state index contributed by atoms with van der Waals surface area (Å²) in [4.78, 5) is 14.3. The van der Waals surface area contributed by atoms with Gasteiger partial charge in [-0.3, -0.25) is 4.79 Å². The smallest absolute Gasteiger partial charge is 0.254 e. The number of thiophene rings is 1. The third kappa shape index (κ3) is 3.39. The van der Waals surface area contributed by atoms with Crippen molar-refractivity contribution in [3.63, 3.8) is 0 Å². The molecule has 0 saturated carbocycles. The fourth-order valence-electron chi connectivity index (χ4n) is 3.44. The van der Waals surface area contributed by atoms with Crippen LogP contribution in [0.25, 0.3) is 5.00 Å². The summed E-state index contributed by atoms with van der Waals surface area (Å²) < 4.78 is 1.60. The van der Waals surface area contributed by atoms with E-state index in [1.807, 2.05) is 18.2 Å². The largest absolute Gasteiger partial charge is 0.349 e. The minimum Gasteiger partial charge on any atom is -0.349 e. The summed E-state index contributed by atoms with van der Waals surface area (Å²) in [6.45, 7) is 2.06. The third-order valence-electron chi connectivity index (χ3n) is 4.77. The third-order valence-corrected chi connectivity index (χ3v) is 6.05. The average molecular weight is 367 g/mol. The van der Waals surface area contributed by atoms with Gasteiger partial charge < -0.3 is 5.32 Å². The number of aryl methyl sites for hydroxylation is 2. The van der Waals surface area contributed by atoms with E-state index in [1.165, 1.54) is 16.0 Å². The molecule has 1 N–H and O–H groups in total. The van der Waals surface area contributed by atoms with Gasteiger partial charge in [0.05, 0.1) is 5.56 Å². The Morgan fingerprint density at radius 2 is 2.15 bits per heavy atom. The fourth-order valence-corrected chi connectivity index (χ4v) is 4.74. The van der Waals surface area contributed by atoms with Crippen LogP contribution in [-0.2, 0) is 19.3 Å². The van der Waals surface area contributed by atoms with E-state index in [0.717, 1.165) is 42.7 Å². The molecule has 0 fully saturated rings. The van der Waals surface area contributed by atoms with Crippen molar-refractivity contribution in [1.29, 1.82) is 0 Å². The molecule has 2 aromatic heterocycles. The van der Waals surface area contributed by atoms with Gasteiger partial charge in [0, 0.05) is 10.9 Å². The van der Waals surface area contributed by atoms with Crippen LogP contribution in [0.15, 0.2) is 36.7 Å². The molecule has 134 valence electrons. The highest BCUT2D eigenvalue weighted by Crippen LogP contribution is 2.37. The number of aromatic nitrogens is 4. The number of hydrogen-bond donors (Lipinski definition) is 1. The Hall–Kier alpha value is -2.54. The van der Waals surface area contributed by atoms with E-state index >= 15 is 0 Å². The average Bonchev–Trinajstić information content (AvgIpc) is 3.36. The summed E-state index contributed by atoms with van der Waals surface area (Å²) in [6, 6.07) is 10.5. The molecule has 0 radical (unpaired) electrons. The van der Waals surface area contributed by atoms with Crippen molar-refractivity contribution in [2.24, 2.45) is 0 Å². The van der Waals surface area contributed by atoms with Crippen molar-refractivity contribution >= 4 is 17.2 Å². The Morgan fingerprint density at radius 1 is 1.31 bits per heavy atom. The second kappa shape index (κ2) is 7.37. The van der Waals surface area contributed by atoms with Crippen molar-refractivity contribution in [3.05, 3.63) is 58.2 Å². The minimum atomic E-state index is -0.0181. The number of carbonyl (C=O) groups is 1. The van der Waals surface area contributed by atoms with E-state index in [1.54, 1.807) is 22.3 Å². The SMILES string of the molecule is CC(CCc1ccccc1)NC(=O)c1c(-n2cnnn2)sc2c1CCC2. The Kier molecular flexibility index (Phi) is 4.79. The first-order valence-electron chi connectivity index (χ1n) is 8.95. The Morgan fingerprint density at radius 3 is 2.92 bits per heavy atom. The number of amides is 1. The van der Waals surface area contributed by atoms with Gasteiger partial charge in [-0.25, -0.2) is 0 Å². The highest BCUT2D eigenvalue weighted by molar-refractivity contribution is 7.15. The number of rotatable bonds is 6. The van der Waals surface area contributed by atoms with Crippen LogP contribution < -0.4 is 5.32 Å². The molecule has 0 aliphatic heterocycles. The molecule has 1 atom stereocenters. The van der Waals surface area contributed by atoms with Gasteiger partial charge in [-0.15, -0.1) is 16.4 Å². The summed E-state index contributed by atoms with van der Waals surface area (Å²) in [5, 5.41) is 15.4. The Balaban J connectivity index is 1.49. The zero-order chi connectivity index (χ0) is 17.9. The van der Waals surface area contributed by atoms with E-state index in [0.29, 0.717) is 0 Å².